The number of benzene rings is 3. The lowest BCUT2D eigenvalue weighted by Crippen LogP contribution is -2.52. The zero-order chi connectivity index (χ0) is 36.6. The Kier molecular flexibility index (Phi) is 10.8. The quantitative estimate of drug-likeness (QED) is 0.241. The molecule has 3 aliphatic rings. The third-order valence-corrected chi connectivity index (χ3v) is 10.6. The maximum absolute atomic E-state index is 13.9. The van der Waals surface area contributed by atoms with E-state index in [9.17, 15) is 14.4 Å². The summed E-state index contributed by atoms with van der Waals surface area (Å²) in [7, 11) is 0. The normalized spacial score (nSPS) is 23.0. The Bertz CT molecular complexity index is 1790. The van der Waals surface area contributed by atoms with E-state index in [1.165, 1.54) is 4.90 Å². The molecule has 1 aliphatic carbocycles. The van der Waals surface area contributed by atoms with Crippen molar-refractivity contribution in [3.8, 4) is 11.5 Å². The maximum atomic E-state index is 13.9. The van der Waals surface area contributed by atoms with Gasteiger partial charge < -0.3 is 24.3 Å². The number of amides is 2. The molecule has 0 radical (unpaired) electrons. The minimum absolute atomic E-state index is 0.124. The van der Waals surface area contributed by atoms with E-state index in [0.717, 1.165) is 36.0 Å². The molecule has 0 spiro atoms. The van der Waals surface area contributed by atoms with Crippen molar-refractivity contribution in [1.29, 1.82) is 0 Å². The molecule has 0 saturated heterocycles. The Morgan fingerprint density at radius 2 is 1.75 bits per heavy atom. The standard InChI is InChI=1S/C40H46Cl2N2O7/c1-22(2)29-13-7-23(3)15-34(29)50-38(46)33-18-26-17-32-35(19-27(26)20-44(33)39(47)51-40(4,5)6)49-36(37(45)43-32)25-9-11-28(12-10-25)48-21-24-8-14-30(41)31(42)16-24/h8-12,14,16-17,19,22-23,29,33-34,36H,7,13,15,18,20-21H2,1-6H3,(H,43,45)/t23-,29+,33+,34?,36+/m1/s1. The van der Waals surface area contributed by atoms with Crippen LogP contribution >= 0.6 is 23.2 Å². The summed E-state index contributed by atoms with van der Waals surface area (Å²) in [5, 5.41) is 3.92. The minimum atomic E-state index is -0.903. The van der Waals surface area contributed by atoms with Crippen molar-refractivity contribution >= 4 is 46.9 Å². The highest BCUT2D eigenvalue weighted by atomic mass is 35.5. The van der Waals surface area contributed by atoms with Crippen molar-refractivity contribution in [3.63, 3.8) is 0 Å². The largest absolute Gasteiger partial charge is 0.489 e. The average Bonchev–Trinajstić information content (AvgIpc) is 3.06. The minimum Gasteiger partial charge on any atom is -0.489 e. The number of halogens is 2. The van der Waals surface area contributed by atoms with Crippen LogP contribution in [0.2, 0.25) is 10.0 Å². The van der Waals surface area contributed by atoms with Gasteiger partial charge in [-0.15, -0.1) is 0 Å². The van der Waals surface area contributed by atoms with Crippen LogP contribution in [0.15, 0.2) is 54.6 Å². The first-order valence-electron chi connectivity index (χ1n) is 17.6. The van der Waals surface area contributed by atoms with Crippen molar-refractivity contribution in [2.24, 2.45) is 17.8 Å². The second-order valence-corrected chi connectivity index (χ2v) is 16.2. The van der Waals surface area contributed by atoms with Crippen LogP contribution < -0.4 is 14.8 Å². The lowest BCUT2D eigenvalue weighted by Gasteiger charge is -2.40. The molecule has 1 saturated carbocycles. The Labute approximate surface area is 309 Å². The second-order valence-electron chi connectivity index (χ2n) is 15.3. The predicted molar refractivity (Wildman–Crippen MR) is 196 cm³/mol. The zero-order valence-corrected chi connectivity index (χ0v) is 31.5. The van der Waals surface area contributed by atoms with Crippen LogP contribution in [-0.4, -0.2) is 40.6 Å². The molecule has 51 heavy (non-hydrogen) atoms. The molecular formula is C40H46Cl2N2O7. The van der Waals surface area contributed by atoms with Gasteiger partial charge in [0.05, 0.1) is 22.3 Å². The SMILES string of the molecule is CC(C)[C@@H]1CC[C@@H](C)CC1OC(=O)[C@@H]1Cc2cc3c(cc2CN1C(=O)OC(C)(C)C)O[C@@H](c1ccc(OCc2ccc(Cl)c(Cl)c2)cc1)C(=O)N3. The molecule has 11 heteroatoms. The lowest BCUT2D eigenvalue weighted by atomic mass is 9.75. The summed E-state index contributed by atoms with van der Waals surface area (Å²) < 4.78 is 24.2. The molecular weight excluding hydrogens is 691 g/mol. The average molecular weight is 738 g/mol. The van der Waals surface area contributed by atoms with Gasteiger partial charge in [0.15, 0.2) is 0 Å². The van der Waals surface area contributed by atoms with Crippen LogP contribution in [-0.2, 0) is 38.6 Å². The van der Waals surface area contributed by atoms with Gasteiger partial charge in [-0.25, -0.2) is 9.59 Å². The third-order valence-electron chi connectivity index (χ3n) is 9.87. The van der Waals surface area contributed by atoms with Crippen molar-refractivity contribution in [2.75, 3.05) is 5.32 Å². The molecule has 2 amide bonds. The first-order chi connectivity index (χ1) is 24.1. The lowest BCUT2D eigenvalue weighted by molar-refractivity contribution is -0.162. The van der Waals surface area contributed by atoms with Crippen LogP contribution in [0.25, 0.3) is 0 Å². The predicted octanol–water partition coefficient (Wildman–Crippen LogP) is 9.31. The summed E-state index contributed by atoms with van der Waals surface area (Å²) in [5.41, 5.74) is 2.90. The van der Waals surface area contributed by atoms with Crippen molar-refractivity contribution in [3.05, 3.63) is 86.9 Å². The number of carbonyl (C=O) groups is 3. The van der Waals surface area contributed by atoms with Crippen molar-refractivity contribution in [1.82, 2.24) is 4.90 Å². The molecule has 1 unspecified atom stereocenters. The van der Waals surface area contributed by atoms with Crippen LogP contribution in [0.1, 0.15) is 89.2 Å². The highest BCUT2D eigenvalue weighted by molar-refractivity contribution is 6.42. The van der Waals surface area contributed by atoms with Crippen LogP contribution in [0.4, 0.5) is 10.5 Å². The number of anilines is 1. The van der Waals surface area contributed by atoms with E-state index in [-0.39, 0.29) is 30.9 Å². The van der Waals surface area contributed by atoms with E-state index in [1.807, 2.05) is 18.2 Å². The van der Waals surface area contributed by atoms with E-state index in [4.69, 9.17) is 42.1 Å². The van der Waals surface area contributed by atoms with Crippen LogP contribution in [0.3, 0.4) is 0 Å². The Morgan fingerprint density at radius 3 is 2.43 bits per heavy atom. The molecule has 272 valence electrons. The Morgan fingerprint density at radius 1 is 1.00 bits per heavy atom. The van der Waals surface area contributed by atoms with Gasteiger partial charge in [-0.1, -0.05) is 68.6 Å². The van der Waals surface area contributed by atoms with Gasteiger partial charge in [0.25, 0.3) is 5.91 Å². The fourth-order valence-corrected chi connectivity index (χ4v) is 7.47. The number of esters is 1. The smallest absolute Gasteiger partial charge is 0.411 e. The molecule has 3 aromatic rings. The molecule has 1 N–H and O–H groups in total. The summed E-state index contributed by atoms with van der Waals surface area (Å²) in [6.07, 6.45) is 1.44. The number of carbonyl (C=O) groups excluding carboxylic acids is 3. The third kappa shape index (κ3) is 8.58. The summed E-state index contributed by atoms with van der Waals surface area (Å²) in [5.74, 6) is 1.43. The summed E-state index contributed by atoms with van der Waals surface area (Å²) in [4.78, 5) is 42.3. The topological polar surface area (TPSA) is 103 Å². The van der Waals surface area contributed by atoms with E-state index >= 15 is 0 Å². The van der Waals surface area contributed by atoms with Crippen LogP contribution in [0.5, 0.6) is 11.5 Å². The Balaban J connectivity index is 1.20. The monoisotopic (exact) mass is 736 g/mol. The summed E-state index contributed by atoms with van der Waals surface area (Å²) in [6, 6.07) is 15.3. The molecule has 3 aromatic carbocycles. The zero-order valence-electron chi connectivity index (χ0n) is 30.0. The highest BCUT2D eigenvalue weighted by Gasteiger charge is 2.42. The number of fused-ring (bicyclic) bond motifs is 2. The molecule has 0 aromatic heterocycles. The van der Waals surface area contributed by atoms with E-state index in [2.05, 4.69) is 26.1 Å². The molecule has 9 nitrogen and oxygen atoms in total. The van der Waals surface area contributed by atoms with Gasteiger partial charge in [-0.05, 0) is 104 Å². The molecule has 1 fully saturated rings. The van der Waals surface area contributed by atoms with Crippen molar-refractivity contribution in [2.45, 2.75) is 104 Å². The number of rotatable bonds is 7. The first kappa shape index (κ1) is 36.8. The van der Waals surface area contributed by atoms with Gasteiger partial charge in [0, 0.05) is 12.0 Å². The van der Waals surface area contributed by atoms with E-state index in [0.29, 0.717) is 51.2 Å². The van der Waals surface area contributed by atoms with E-state index < -0.39 is 29.8 Å². The molecule has 6 rings (SSSR count). The number of hydrogen-bond acceptors (Lipinski definition) is 7. The van der Waals surface area contributed by atoms with Gasteiger partial charge in [0.1, 0.15) is 35.9 Å². The summed E-state index contributed by atoms with van der Waals surface area (Å²) in [6.45, 7) is 12.3. The molecule has 2 heterocycles. The molecule has 2 aliphatic heterocycles. The molecule has 5 atom stereocenters. The maximum Gasteiger partial charge on any atom is 0.411 e. The fourth-order valence-electron chi connectivity index (χ4n) is 7.15. The van der Waals surface area contributed by atoms with Crippen molar-refractivity contribution < 1.29 is 33.3 Å². The fraction of sp³-hybridized carbons (Fsp3) is 0.475. The number of hydrogen-bond donors (Lipinski definition) is 1. The highest BCUT2D eigenvalue weighted by Crippen LogP contribution is 2.41. The number of nitrogens with zero attached hydrogens (tertiary/aromatic N) is 1. The van der Waals surface area contributed by atoms with Gasteiger partial charge in [-0.2, -0.15) is 0 Å². The van der Waals surface area contributed by atoms with Gasteiger partial charge >= 0.3 is 12.1 Å². The summed E-state index contributed by atoms with van der Waals surface area (Å²) >= 11 is 12.1. The van der Waals surface area contributed by atoms with Crippen LogP contribution in [0, 0.1) is 17.8 Å². The Hall–Kier alpha value is -3.95. The van der Waals surface area contributed by atoms with Gasteiger partial charge in [0.2, 0.25) is 6.10 Å². The number of ether oxygens (including phenoxy) is 4. The van der Waals surface area contributed by atoms with Gasteiger partial charge in [-0.3, -0.25) is 9.69 Å². The van der Waals surface area contributed by atoms with E-state index in [1.54, 1.807) is 57.2 Å². The second kappa shape index (κ2) is 15.0. The number of nitrogens with one attached hydrogen (secondary N) is 1. The first-order valence-corrected chi connectivity index (χ1v) is 18.4. The molecule has 0 bridgehead atoms.